The first-order valence-corrected chi connectivity index (χ1v) is 12.0. The molecular formula is C21H27FN4O3S. The number of nitrogens with one attached hydrogen (secondary N) is 2. The topological polar surface area (TPSA) is 93.2 Å². The van der Waals surface area contributed by atoms with Crippen molar-refractivity contribution in [1.82, 2.24) is 15.3 Å². The minimum absolute atomic E-state index is 0.0443. The highest BCUT2D eigenvalue weighted by Gasteiger charge is 2.33. The van der Waals surface area contributed by atoms with Crippen LogP contribution in [-0.4, -0.2) is 37.1 Å². The molecule has 2 aliphatic carbocycles. The van der Waals surface area contributed by atoms with E-state index in [4.69, 9.17) is 4.74 Å². The van der Waals surface area contributed by atoms with Crippen molar-refractivity contribution in [2.24, 2.45) is 0 Å². The summed E-state index contributed by atoms with van der Waals surface area (Å²) in [5.41, 5.74) is 0.764. The molecule has 0 spiro atoms. The lowest BCUT2D eigenvalue weighted by Gasteiger charge is -2.33. The molecule has 2 atom stereocenters. The Hall–Kier alpha value is -2.26. The fourth-order valence-electron chi connectivity index (χ4n) is 4.01. The van der Waals surface area contributed by atoms with Crippen LogP contribution in [0.2, 0.25) is 0 Å². The zero-order valence-electron chi connectivity index (χ0n) is 17.0. The maximum absolute atomic E-state index is 15.0. The molecule has 0 aliphatic heterocycles. The normalized spacial score (nSPS) is 21.9. The molecule has 2 fully saturated rings. The van der Waals surface area contributed by atoms with Gasteiger partial charge in [-0.05, 0) is 62.3 Å². The lowest BCUT2D eigenvalue weighted by molar-refractivity contribution is 0.113. The highest BCUT2D eigenvalue weighted by atomic mass is 32.2. The van der Waals surface area contributed by atoms with Gasteiger partial charge in [-0.25, -0.2) is 22.8 Å². The van der Waals surface area contributed by atoms with Gasteiger partial charge in [-0.15, -0.1) is 0 Å². The Kier molecular flexibility index (Phi) is 6.19. The van der Waals surface area contributed by atoms with Crippen LogP contribution in [0.25, 0.3) is 0 Å². The summed E-state index contributed by atoms with van der Waals surface area (Å²) in [6, 6.07) is 4.30. The molecule has 2 N–H and O–H groups in total. The number of ether oxygens (including phenoxy) is 1. The number of halogens is 1. The molecule has 0 bridgehead atoms. The van der Waals surface area contributed by atoms with Crippen molar-refractivity contribution in [3.8, 4) is 5.75 Å². The summed E-state index contributed by atoms with van der Waals surface area (Å²) >= 11 is 0. The third-order valence-corrected chi connectivity index (χ3v) is 7.01. The number of sulfonamides is 1. The molecule has 0 radical (unpaired) electrons. The third-order valence-electron chi connectivity index (χ3n) is 5.64. The lowest BCUT2D eigenvalue weighted by Crippen LogP contribution is -2.45. The molecule has 2 aliphatic rings. The van der Waals surface area contributed by atoms with Crippen LogP contribution in [0.4, 0.5) is 10.2 Å². The van der Waals surface area contributed by atoms with E-state index in [0.29, 0.717) is 5.75 Å². The SMILES string of the molecule is CCN[C@H]1CCCC[C@@H]1Oc1cc(F)c(S(=O)(=O)Nc2ccncn2)cc1C1CC1. The van der Waals surface area contributed by atoms with Gasteiger partial charge in [-0.1, -0.05) is 13.3 Å². The molecule has 1 heterocycles. The van der Waals surface area contributed by atoms with Crippen LogP contribution < -0.4 is 14.8 Å². The standard InChI is InChI=1S/C21H27FN4O3S/c1-2-24-17-5-3-4-6-18(17)29-19-12-16(22)20(11-15(19)14-7-8-14)30(27,28)26-21-9-10-23-13-25-21/h9-14,17-18,24H,2-8H2,1H3,(H,23,25,26)/t17-,18-/m0/s1. The first-order chi connectivity index (χ1) is 14.5. The average molecular weight is 435 g/mol. The molecule has 2 saturated carbocycles. The van der Waals surface area contributed by atoms with E-state index in [9.17, 15) is 12.8 Å². The predicted octanol–water partition coefficient (Wildman–Crippen LogP) is 3.59. The number of likely N-dealkylation sites (N-methyl/N-ethyl adjacent to an activating group) is 1. The largest absolute Gasteiger partial charge is 0.488 e. The summed E-state index contributed by atoms with van der Waals surface area (Å²) in [4.78, 5) is 7.22. The Morgan fingerprint density at radius 2 is 2.00 bits per heavy atom. The van der Waals surface area contributed by atoms with Crippen molar-refractivity contribution in [2.75, 3.05) is 11.3 Å². The smallest absolute Gasteiger partial charge is 0.265 e. The van der Waals surface area contributed by atoms with Crippen molar-refractivity contribution in [2.45, 2.75) is 68.4 Å². The second-order valence-corrected chi connectivity index (χ2v) is 9.55. The van der Waals surface area contributed by atoms with E-state index >= 15 is 0 Å². The van der Waals surface area contributed by atoms with Gasteiger partial charge in [-0.2, -0.15) is 0 Å². The molecule has 0 amide bonds. The molecule has 9 heteroatoms. The Morgan fingerprint density at radius 3 is 2.70 bits per heavy atom. The number of hydrogen-bond donors (Lipinski definition) is 2. The van der Waals surface area contributed by atoms with Gasteiger partial charge in [0.05, 0.1) is 0 Å². The molecule has 1 aromatic carbocycles. The molecule has 30 heavy (non-hydrogen) atoms. The zero-order chi connectivity index (χ0) is 21.1. The minimum atomic E-state index is -4.12. The molecule has 162 valence electrons. The molecule has 4 rings (SSSR count). The minimum Gasteiger partial charge on any atom is -0.488 e. The summed E-state index contributed by atoms with van der Waals surface area (Å²) in [7, 11) is -4.12. The molecular weight excluding hydrogens is 407 g/mol. The van der Waals surface area contributed by atoms with Gasteiger partial charge < -0.3 is 10.1 Å². The van der Waals surface area contributed by atoms with Crippen LogP contribution in [0, 0.1) is 5.82 Å². The Labute approximate surface area is 176 Å². The van der Waals surface area contributed by atoms with Crippen LogP contribution >= 0.6 is 0 Å². The van der Waals surface area contributed by atoms with Crippen LogP contribution in [0.1, 0.15) is 56.9 Å². The molecule has 7 nitrogen and oxygen atoms in total. The maximum Gasteiger partial charge on any atom is 0.265 e. The van der Waals surface area contributed by atoms with E-state index in [0.717, 1.165) is 50.6 Å². The summed E-state index contributed by atoms with van der Waals surface area (Å²) in [6.07, 6.45) is 8.64. The van der Waals surface area contributed by atoms with Gasteiger partial charge in [0.2, 0.25) is 0 Å². The van der Waals surface area contributed by atoms with Crippen molar-refractivity contribution in [3.63, 3.8) is 0 Å². The van der Waals surface area contributed by atoms with E-state index in [-0.39, 0.29) is 28.8 Å². The van der Waals surface area contributed by atoms with Gasteiger partial charge in [0.25, 0.3) is 10.0 Å². The maximum atomic E-state index is 15.0. The first-order valence-electron chi connectivity index (χ1n) is 10.5. The number of benzene rings is 1. The average Bonchev–Trinajstić information content (AvgIpc) is 3.55. The molecule has 1 aromatic heterocycles. The third kappa shape index (κ3) is 4.73. The van der Waals surface area contributed by atoms with Crippen molar-refractivity contribution in [3.05, 3.63) is 42.1 Å². The number of anilines is 1. The van der Waals surface area contributed by atoms with Crippen LogP contribution in [-0.2, 0) is 10.0 Å². The predicted molar refractivity (Wildman–Crippen MR) is 112 cm³/mol. The van der Waals surface area contributed by atoms with Crippen molar-refractivity contribution >= 4 is 15.8 Å². The van der Waals surface area contributed by atoms with E-state index in [1.165, 1.54) is 30.7 Å². The van der Waals surface area contributed by atoms with Crippen molar-refractivity contribution < 1.29 is 17.5 Å². The van der Waals surface area contributed by atoms with Gasteiger partial charge in [-0.3, -0.25) is 4.72 Å². The van der Waals surface area contributed by atoms with E-state index in [2.05, 4.69) is 26.9 Å². The second kappa shape index (κ2) is 8.85. The fraction of sp³-hybridized carbons (Fsp3) is 0.524. The Balaban J connectivity index is 1.63. The van der Waals surface area contributed by atoms with Crippen LogP contribution in [0.5, 0.6) is 5.75 Å². The molecule has 0 saturated heterocycles. The summed E-state index contributed by atoms with van der Waals surface area (Å²) in [5.74, 6) is -0.0688. The highest BCUT2D eigenvalue weighted by Crippen LogP contribution is 2.46. The number of nitrogens with zero attached hydrogens (tertiary/aromatic N) is 2. The Morgan fingerprint density at radius 1 is 1.20 bits per heavy atom. The zero-order valence-corrected chi connectivity index (χ0v) is 17.8. The van der Waals surface area contributed by atoms with E-state index in [1.54, 1.807) is 0 Å². The van der Waals surface area contributed by atoms with Gasteiger partial charge in [0.15, 0.2) is 0 Å². The number of rotatable bonds is 8. The first kappa shape index (κ1) is 21.0. The van der Waals surface area contributed by atoms with Crippen LogP contribution in [0.3, 0.4) is 0 Å². The molecule has 2 aromatic rings. The summed E-state index contributed by atoms with van der Waals surface area (Å²) in [6.45, 7) is 2.91. The number of hydrogen-bond acceptors (Lipinski definition) is 6. The summed E-state index contributed by atoms with van der Waals surface area (Å²) < 4.78 is 49.2. The Bertz CT molecular complexity index is 981. The van der Waals surface area contributed by atoms with Gasteiger partial charge in [0, 0.05) is 18.3 Å². The quantitative estimate of drug-likeness (QED) is 0.660. The fourth-order valence-corrected chi connectivity index (χ4v) is 5.12. The number of aromatic nitrogens is 2. The highest BCUT2D eigenvalue weighted by molar-refractivity contribution is 7.92. The van der Waals surface area contributed by atoms with Crippen molar-refractivity contribution in [1.29, 1.82) is 0 Å². The van der Waals surface area contributed by atoms with Gasteiger partial charge in [0.1, 0.15) is 34.7 Å². The molecule has 0 unspecified atom stereocenters. The monoisotopic (exact) mass is 434 g/mol. The van der Waals surface area contributed by atoms with Gasteiger partial charge >= 0.3 is 0 Å². The second-order valence-electron chi connectivity index (χ2n) is 7.90. The van der Waals surface area contributed by atoms with E-state index in [1.807, 2.05) is 0 Å². The summed E-state index contributed by atoms with van der Waals surface area (Å²) in [5, 5.41) is 3.46. The van der Waals surface area contributed by atoms with Crippen LogP contribution in [0.15, 0.2) is 35.6 Å². The van der Waals surface area contributed by atoms with E-state index < -0.39 is 15.8 Å². The lowest BCUT2D eigenvalue weighted by atomic mass is 9.92.